The van der Waals surface area contributed by atoms with E-state index < -0.39 is 0 Å². The van der Waals surface area contributed by atoms with Gasteiger partial charge in [0.2, 0.25) is 5.91 Å². The lowest BCUT2D eigenvalue weighted by Crippen LogP contribution is -2.47. The maximum atomic E-state index is 13.2. The molecule has 2 aromatic carbocycles. The minimum atomic E-state index is -0.270. The number of hydrogen-bond acceptors (Lipinski definition) is 2. The van der Waals surface area contributed by atoms with Crippen molar-refractivity contribution in [2.75, 3.05) is 24.5 Å². The minimum Gasteiger partial charge on any atom is -0.309 e. The molecule has 4 heteroatoms. The van der Waals surface area contributed by atoms with Crippen molar-refractivity contribution in [1.82, 2.24) is 4.90 Å². The van der Waals surface area contributed by atoms with Gasteiger partial charge in [0.05, 0.1) is 0 Å². The molecule has 2 aromatic rings. The normalized spacial score (nSPS) is 15.8. The van der Waals surface area contributed by atoms with E-state index >= 15 is 0 Å². The van der Waals surface area contributed by atoms with Crippen LogP contribution in [0.3, 0.4) is 0 Å². The van der Waals surface area contributed by atoms with E-state index in [0.717, 1.165) is 44.6 Å². The Morgan fingerprint density at radius 2 is 1.73 bits per heavy atom. The number of nitrogens with zero attached hydrogens (tertiary/aromatic N) is 2. The lowest BCUT2D eigenvalue weighted by Gasteiger charge is -2.38. The fourth-order valence-corrected chi connectivity index (χ4v) is 3.66. The molecule has 26 heavy (non-hydrogen) atoms. The highest BCUT2D eigenvalue weighted by Gasteiger charge is 2.28. The predicted molar refractivity (Wildman–Crippen MR) is 104 cm³/mol. The van der Waals surface area contributed by atoms with Crippen molar-refractivity contribution in [3.8, 4) is 0 Å². The van der Waals surface area contributed by atoms with Crippen LogP contribution in [-0.4, -0.2) is 36.5 Å². The lowest BCUT2D eigenvalue weighted by atomic mass is 10.0. The van der Waals surface area contributed by atoms with Crippen molar-refractivity contribution in [2.24, 2.45) is 0 Å². The largest absolute Gasteiger partial charge is 0.309 e. The molecule has 0 aromatic heterocycles. The Morgan fingerprint density at radius 3 is 2.35 bits per heavy atom. The summed E-state index contributed by atoms with van der Waals surface area (Å²) in [6, 6.07) is 17.0. The zero-order valence-electron chi connectivity index (χ0n) is 15.4. The average Bonchev–Trinajstić information content (AvgIpc) is 2.69. The Hall–Kier alpha value is -2.20. The van der Waals surface area contributed by atoms with Gasteiger partial charge in [0.1, 0.15) is 5.82 Å². The average molecular weight is 360 g/mol. The highest BCUT2D eigenvalue weighted by Crippen LogP contribution is 2.25. The molecule has 1 aliphatic rings. The van der Waals surface area contributed by atoms with Crippen molar-refractivity contribution in [2.45, 2.75) is 38.6 Å². The molecular weight excluding hydrogens is 333 g/mol. The highest BCUT2D eigenvalue weighted by molar-refractivity contribution is 5.93. The Labute approximate surface area is 155 Å². The first-order chi connectivity index (χ1) is 12.7. The van der Waals surface area contributed by atoms with Crippen LogP contribution in [0.4, 0.5) is 10.1 Å². The molecule has 1 amide bonds. The van der Waals surface area contributed by atoms with Gasteiger partial charge in [-0.3, -0.25) is 4.79 Å². The van der Waals surface area contributed by atoms with Crippen LogP contribution < -0.4 is 4.90 Å². The number of amides is 1. The molecule has 0 aliphatic carbocycles. The maximum Gasteiger partial charge on any atom is 0.226 e. The van der Waals surface area contributed by atoms with Crippen LogP contribution in [0.5, 0.6) is 0 Å². The van der Waals surface area contributed by atoms with Crippen LogP contribution in [0, 0.1) is 5.82 Å². The number of piperidine rings is 1. The first-order valence-corrected chi connectivity index (χ1v) is 9.51. The van der Waals surface area contributed by atoms with Crippen molar-refractivity contribution in [1.29, 1.82) is 0 Å². The molecule has 3 rings (SSSR count). The fraction of sp³-hybridized carbons (Fsp3) is 0.409. The van der Waals surface area contributed by atoms with Crippen LogP contribution >= 0.6 is 0 Å². The van der Waals surface area contributed by atoms with Gasteiger partial charge in [0.15, 0.2) is 0 Å². The third kappa shape index (κ3) is 4.70. The van der Waals surface area contributed by atoms with Gasteiger partial charge in [-0.15, -0.1) is 0 Å². The molecule has 1 heterocycles. The number of likely N-dealkylation sites (tertiary alicyclic amines) is 1. The zero-order chi connectivity index (χ0) is 18.4. The molecule has 0 atom stereocenters. The molecule has 0 unspecified atom stereocenters. The van der Waals surface area contributed by atoms with Gasteiger partial charge in [0.25, 0.3) is 0 Å². The number of carbonyl (C=O) groups excluding carboxylic acids is 1. The topological polar surface area (TPSA) is 23.6 Å². The molecule has 3 nitrogen and oxygen atoms in total. The number of carbonyl (C=O) groups is 1. The summed E-state index contributed by atoms with van der Waals surface area (Å²) in [5.74, 6) is -0.160. The van der Waals surface area contributed by atoms with Crippen molar-refractivity contribution >= 4 is 11.6 Å². The molecule has 138 valence electrons. The van der Waals surface area contributed by atoms with Gasteiger partial charge in [-0.2, -0.15) is 0 Å². The lowest BCUT2D eigenvalue weighted by molar-refractivity contribution is -0.119. The molecule has 0 saturated carbocycles. The number of halogens is 1. The summed E-state index contributed by atoms with van der Waals surface area (Å²) in [5.41, 5.74) is 2.17. The molecule has 0 radical (unpaired) electrons. The van der Waals surface area contributed by atoms with E-state index in [4.69, 9.17) is 0 Å². The number of anilines is 1. The first kappa shape index (κ1) is 18.6. The first-order valence-electron chi connectivity index (χ1n) is 9.51. The zero-order valence-corrected chi connectivity index (χ0v) is 15.4. The summed E-state index contributed by atoms with van der Waals surface area (Å²) < 4.78 is 13.2. The summed E-state index contributed by atoms with van der Waals surface area (Å²) in [6.07, 6.45) is 3.43. The SMILES string of the molecule is CCC(=O)N(c1ccc(F)cc1)C1CCN(CC[13c]2[13cH][13cH][13cH][13cH][13cH]2)CC1. The Bertz CT molecular complexity index is 694. The van der Waals surface area contributed by atoms with Gasteiger partial charge < -0.3 is 9.80 Å². The van der Waals surface area contributed by atoms with Crippen molar-refractivity contribution in [3.05, 3.63) is 66.0 Å². The van der Waals surface area contributed by atoms with Gasteiger partial charge in [-0.1, -0.05) is 37.3 Å². The van der Waals surface area contributed by atoms with E-state index in [2.05, 4.69) is 29.2 Å². The monoisotopic (exact) mass is 360 g/mol. The predicted octanol–water partition coefficient (Wildman–Crippen LogP) is 4.28. The van der Waals surface area contributed by atoms with Crippen LogP contribution in [0.15, 0.2) is 54.6 Å². The third-order valence-corrected chi connectivity index (χ3v) is 5.16. The second-order valence-corrected chi connectivity index (χ2v) is 6.90. The van der Waals surface area contributed by atoms with Crippen LogP contribution in [0.2, 0.25) is 0 Å². The van der Waals surface area contributed by atoms with E-state index in [1.165, 1.54) is 17.7 Å². The second kappa shape index (κ2) is 8.95. The van der Waals surface area contributed by atoms with Crippen LogP contribution in [-0.2, 0) is 11.2 Å². The maximum absolute atomic E-state index is 13.2. The van der Waals surface area contributed by atoms with Gasteiger partial charge in [0, 0.05) is 37.8 Å². The molecule has 1 saturated heterocycles. The van der Waals surface area contributed by atoms with E-state index in [0.29, 0.717) is 6.42 Å². The molecule has 0 N–H and O–H groups in total. The minimum absolute atomic E-state index is 0.111. The van der Waals surface area contributed by atoms with E-state index in [1.807, 2.05) is 17.9 Å². The molecular formula is C22H27FN2O. The smallest absolute Gasteiger partial charge is 0.226 e. The van der Waals surface area contributed by atoms with E-state index in [1.54, 1.807) is 12.1 Å². The Balaban J connectivity index is 1.59. The Morgan fingerprint density at radius 1 is 1.08 bits per heavy atom. The number of rotatable bonds is 6. The summed E-state index contributed by atoms with van der Waals surface area (Å²) in [7, 11) is 0. The highest BCUT2D eigenvalue weighted by atomic mass is 19.1. The van der Waals surface area contributed by atoms with Crippen molar-refractivity contribution in [3.63, 3.8) is 0 Å². The molecule has 1 aliphatic heterocycles. The third-order valence-electron chi connectivity index (χ3n) is 5.16. The van der Waals surface area contributed by atoms with Gasteiger partial charge in [-0.05, 0) is 49.1 Å². The van der Waals surface area contributed by atoms with Crippen LogP contribution in [0.1, 0.15) is 31.7 Å². The summed E-state index contributed by atoms with van der Waals surface area (Å²) >= 11 is 0. The molecule has 1 fully saturated rings. The van der Waals surface area contributed by atoms with E-state index in [9.17, 15) is 9.18 Å². The second-order valence-electron chi connectivity index (χ2n) is 6.90. The van der Waals surface area contributed by atoms with Gasteiger partial charge in [-0.25, -0.2) is 4.39 Å². The fourth-order valence-electron chi connectivity index (χ4n) is 3.66. The number of hydrogen-bond donors (Lipinski definition) is 0. The number of benzene rings is 2. The standard InChI is InChI=1S/C22H27FN2O/c1-2-22(26)25(20-10-8-19(23)9-11-20)21-13-16-24(17-14-21)15-12-18-6-4-3-5-7-18/h3-11,21H,2,12-17H2,1H3/i3+1,4+1,5+1,6+1,7+1,18+1. The van der Waals surface area contributed by atoms with Crippen LogP contribution in [0.25, 0.3) is 0 Å². The molecule has 0 spiro atoms. The van der Waals surface area contributed by atoms with Crippen molar-refractivity contribution < 1.29 is 9.18 Å². The summed E-state index contributed by atoms with van der Waals surface area (Å²) in [4.78, 5) is 16.9. The molecule has 0 bridgehead atoms. The Kier molecular flexibility index (Phi) is 6.40. The summed E-state index contributed by atoms with van der Waals surface area (Å²) in [5, 5.41) is 0. The quantitative estimate of drug-likeness (QED) is 0.768. The summed E-state index contributed by atoms with van der Waals surface area (Å²) in [6.45, 7) is 4.92. The van der Waals surface area contributed by atoms with Gasteiger partial charge >= 0.3 is 0 Å². The van der Waals surface area contributed by atoms with E-state index in [-0.39, 0.29) is 17.8 Å².